The van der Waals surface area contributed by atoms with Crippen LogP contribution in [-0.4, -0.2) is 40.0 Å². The normalized spacial score (nSPS) is 13.2. The molecule has 0 aliphatic heterocycles. The van der Waals surface area contributed by atoms with Crippen LogP contribution in [-0.2, 0) is 29.0 Å². The second kappa shape index (κ2) is 11.4. The summed E-state index contributed by atoms with van der Waals surface area (Å²) in [5.74, 6) is -0.405. The predicted molar refractivity (Wildman–Crippen MR) is 136 cm³/mol. The quantitative estimate of drug-likeness (QED) is 0.270. The van der Waals surface area contributed by atoms with Crippen molar-refractivity contribution < 1.29 is 19.5 Å². The lowest BCUT2D eigenvalue weighted by Gasteiger charge is -2.28. The van der Waals surface area contributed by atoms with E-state index < -0.39 is 11.6 Å². The highest BCUT2D eigenvalue weighted by Crippen LogP contribution is 2.23. The number of aromatic nitrogens is 1. The van der Waals surface area contributed by atoms with E-state index in [0.29, 0.717) is 19.5 Å². The van der Waals surface area contributed by atoms with E-state index in [0.717, 1.165) is 33.3 Å². The molecule has 0 aliphatic rings. The summed E-state index contributed by atoms with van der Waals surface area (Å²) < 4.78 is 0. The van der Waals surface area contributed by atoms with Crippen molar-refractivity contribution >= 4 is 28.7 Å². The van der Waals surface area contributed by atoms with Crippen LogP contribution in [0, 0.1) is 0 Å². The first-order valence-electron chi connectivity index (χ1n) is 11.5. The largest absolute Gasteiger partial charge is 0.465 e. The standard InChI is InChI=1S/C27H32N4O4/c1-18(14-19(2)32)29-16-21-9-5-4-8-20(21)12-13-28-25(33)27(3,31-26(34)35)15-22-17-30-24-11-7-6-10-23(22)24/h4-11,14,17,29-31H,12-13,15-16H2,1-3H3,(H,28,33)(H,34,35). The van der Waals surface area contributed by atoms with E-state index in [4.69, 9.17) is 0 Å². The minimum Gasteiger partial charge on any atom is -0.465 e. The van der Waals surface area contributed by atoms with Gasteiger partial charge in [0.15, 0.2) is 5.78 Å². The van der Waals surface area contributed by atoms with Gasteiger partial charge < -0.3 is 26.0 Å². The van der Waals surface area contributed by atoms with Gasteiger partial charge in [0.05, 0.1) is 0 Å². The minimum atomic E-state index is -1.34. The van der Waals surface area contributed by atoms with Crippen molar-refractivity contribution in [1.29, 1.82) is 0 Å². The number of carbonyl (C=O) groups excluding carboxylic acids is 2. The Morgan fingerprint density at radius 2 is 1.66 bits per heavy atom. The van der Waals surface area contributed by atoms with Gasteiger partial charge in [-0.15, -0.1) is 0 Å². The fourth-order valence-electron chi connectivity index (χ4n) is 4.15. The Labute approximate surface area is 204 Å². The van der Waals surface area contributed by atoms with Crippen LogP contribution in [0.2, 0.25) is 0 Å². The average Bonchev–Trinajstić information content (AvgIpc) is 3.20. The lowest BCUT2D eigenvalue weighted by Crippen LogP contribution is -2.58. The van der Waals surface area contributed by atoms with Gasteiger partial charge in [-0.25, -0.2) is 4.79 Å². The van der Waals surface area contributed by atoms with E-state index in [2.05, 4.69) is 20.9 Å². The Hall–Kier alpha value is -4.07. The first-order valence-corrected chi connectivity index (χ1v) is 11.5. The zero-order valence-electron chi connectivity index (χ0n) is 20.3. The Bertz CT molecular complexity index is 1250. The number of hydrogen-bond acceptors (Lipinski definition) is 4. The molecule has 0 aliphatic carbocycles. The minimum absolute atomic E-state index is 0.0170. The number of ketones is 1. The molecule has 1 heterocycles. The highest BCUT2D eigenvalue weighted by Gasteiger charge is 2.35. The van der Waals surface area contributed by atoms with Gasteiger partial charge in [0.2, 0.25) is 5.91 Å². The molecule has 0 bridgehead atoms. The topological polar surface area (TPSA) is 123 Å². The van der Waals surface area contributed by atoms with Gasteiger partial charge in [0.25, 0.3) is 0 Å². The van der Waals surface area contributed by atoms with Gasteiger partial charge in [-0.2, -0.15) is 0 Å². The Morgan fingerprint density at radius 3 is 2.37 bits per heavy atom. The van der Waals surface area contributed by atoms with E-state index in [1.54, 1.807) is 13.0 Å². The van der Waals surface area contributed by atoms with E-state index in [-0.39, 0.29) is 18.1 Å². The van der Waals surface area contributed by atoms with Crippen LogP contribution < -0.4 is 16.0 Å². The molecule has 8 nitrogen and oxygen atoms in total. The average molecular weight is 477 g/mol. The third kappa shape index (κ3) is 6.96. The maximum absolute atomic E-state index is 13.2. The van der Waals surface area contributed by atoms with E-state index in [9.17, 15) is 19.5 Å². The number of aromatic amines is 1. The molecule has 2 aromatic carbocycles. The van der Waals surface area contributed by atoms with Crippen LogP contribution in [0.5, 0.6) is 0 Å². The van der Waals surface area contributed by atoms with Gasteiger partial charge in [0, 0.05) is 42.3 Å². The SMILES string of the molecule is CC(=O)C=C(C)NCc1ccccc1CCNC(=O)C(C)(Cc1c[nH]c2ccccc12)NC(=O)O. The molecule has 0 spiro atoms. The van der Waals surface area contributed by atoms with Crippen molar-refractivity contribution in [2.75, 3.05) is 6.54 Å². The monoisotopic (exact) mass is 476 g/mol. The number of fused-ring (bicyclic) bond motifs is 1. The van der Waals surface area contributed by atoms with Gasteiger partial charge in [0.1, 0.15) is 5.54 Å². The Kier molecular flexibility index (Phi) is 8.30. The number of nitrogens with one attached hydrogen (secondary N) is 4. The summed E-state index contributed by atoms with van der Waals surface area (Å²) in [5.41, 5.74) is 3.35. The molecule has 0 radical (unpaired) electrons. The predicted octanol–water partition coefficient (Wildman–Crippen LogP) is 3.68. The molecule has 3 rings (SSSR count). The van der Waals surface area contributed by atoms with Crippen molar-refractivity contribution in [2.24, 2.45) is 0 Å². The van der Waals surface area contributed by atoms with Crippen LogP contribution >= 0.6 is 0 Å². The Balaban J connectivity index is 1.66. The van der Waals surface area contributed by atoms with Crippen molar-refractivity contribution in [2.45, 2.75) is 45.7 Å². The number of allylic oxidation sites excluding steroid dienone is 2. The fraction of sp³-hybridized carbons (Fsp3) is 0.296. The zero-order valence-corrected chi connectivity index (χ0v) is 20.3. The summed E-state index contributed by atoms with van der Waals surface area (Å²) in [5, 5.41) is 18.9. The van der Waals surface area contributed by atoms with Crippen molar-refractivity contribution in [3.8, 4) is 0 Å². The van der Waals surface area contributed by atoms with Crippen LogP contribution in [0.3, 0.4) is 0 Å². The smallest absolute Gasteiger partial charge is 0.405 e. The number of benzene rings is 2. The van der Waals surface area contributed by atoms with Gasteiger partial charge in [-0.3, -0.25) is 9.59 Å². The lowest BCUT2D eigenvalue weighted by atomic mass is 9.91. The molecule has 0 fully saturated rings. The number of carbonyl (C=O) groups is 3. The summed E-state index contributed by atoms with van der Waals surface area (Å²) in [6.07, 6.45) is 2.89. The summed E-state index contributed by atoms with van der Waals surface area (Å²) >= 11 is 0. The summed E-state index contributed by atoms with van der Waals surface area (Å²) in [6, 6.07) is 15.6. The second-order valence-electron chi connectivity index (χ2n) is 8.86. The summed E-state index contributed by atoms with van der Waals surface area (Å²) in [6.45, 7) is 5.85. The lowest BCUT2D eigenvalue weighted by molar-refractivity contribution is -0.126. The first-order chi connectivity index (χ1) is 16.7. The zero-order chi connectivity index (χ0) is 25.4. The molecule has 35 heavy (non-hydrogen) atoms. The molecular weight excluding hydrogens is 444 g/mol. The maximum Gasteiger partial charge on any atom is 0.405 e. The molecule has 2 amide bonds. The molecule has 0 saturated heterocycles. The molecule has 1 aromatic heterocycles. The first kappa shape index (κ1) is 25.6. The van der Waals surface area contributed by atoms with Crippen molar-refractivity contribution in [3.63, 3.8) is 0 Å². The summed E-state index contributed by atoms with van der Waals surface area (Å²) in [4.78, 5) is 39.1. The molecule has 1 atom stereocenters. The summed E-state index contributed by atoms with van der Waals surface area (Å²) in [7, 11) is 0. The second-order valence-corrected chi connectivity index (χ2v) is 8.86. The van der Waals surface area contributed by atoms with Crippen LogP contribution in [0.25, 0.3) is 10.9 Å². The number of amides is 2. The number of hydrogen-bond donors (Lipinski definition) is 5. The molecule has 3 aromatic rings. The molecule has 8 heteroatoms. The third-order valence-corrected chi connectivity index (χ3v) is 5.88. The third-order valence-electron chi connectivity index (χ3n) is 5.88. The number of para-hydroxylation sites is 1. The van der Waals surface area contributed by atoms with Gasteiger partial charge in [-0.1, -0.05) is 42.5 Å². The van der Waals surface area contributed by atoms with Crippen LogP contribution in [0.15, 0.2) is 66.5 Å². The van der Waals surface area contributed by atoms with E-state index in [1.807, 2.05) is 61.7 Å². The number of carboxylic acid groups (broad SMARTS) is 1. The van der Waals surface area contributed by atoms with Crippen LogP contribution in [0.1, 0.15) is 37.5 Å². The highest BCUT2D eigenvalue weighted by molar-refractivity contribution is 5.91. The maximum atomic E-state index is 13.2. The van der Waals surface area contributed by atoms with E-state index >= 15 is 0 Å². The van der Waals surface area contributed by atoms with Crippen molar-refractivity contribution in [1.82, 2.24) is 20.9 Å². The molecule has 0 saturated carbocycles. The highest BCUT2D eigenvalue weighted by atomic mass is 16.4. The van der Waals surface area contributed by atoms with Gasteiger partial charge >= 0.3 is 6.09 Å². The number of H-pyrrole nitrogens is 1. The van der Waals surface area contributed by atoms with Crippen LogP contribution in [0.4, 0.5) is 4.79 Å². The molecule has 5 N–H and O–H groups in total. The number of rotatable bonds is 11. The molecule has 1 unspecified atom stereocenters. The molecule has 184 valence electrons. The fourth-order valence-corrected chi connectivity index (χ4v) is 4.15. The Morgan fingerprint density at radius 1 is 0.971 bits per heavy atom. The van der Waals surface area contributed by atoms with Crippen molar-refractivity contribution in [3.05, 3.63) is 83.2 Å². The van der Waals surface area contributed by atoms with Gasteiger partial charge in [-0.05, 0) is 56.0 Å². The molecular formula is C27H32N4O4. The van der Waals surface area contributed by atoms with E-state index in [1.165, 1.54) is 6.92 Å².